The van der Waals surface area contributed by atoms with Crippen molar-refractivity contribution in [2.45, 2.75) is 96.9 Å². The van der Waals surface area contributed by atoms with Crippen LogP contribution in [0.1, 0.15) is 78.6 Å². The van der Waals surface area contributed by atoms with Crippen LogP contribution in [0.3, 0.4) is 0 Å². The number of fused-ring (bicyclic) bond motifs is 5. The van der Waals surface area contributed by atoms with E-state index in [-0.39, 0.29) is 101 Å². The Morgan fingerprint density at radius 3 is 2.34 bits per heavy atom. The van der Waals surface area contributed by atoms with Gasteiger partial charge in [0.15, 0.2) is 0 Å². The number of allylic oxidation sites excluding steroid dienone is 1. The second-order valence-electron chi connectivity index (χ2n) is 12.9. The SMILES string of the molecule is C=C(C)[C@H](O)CC[C@@H](COS(=O)(=O)[O-])[C@H]1CCC2C3CC=C4C[C@H](OS(=O)(=O)[O-])[C@@H](O)C[C@]4(C)C3CC[C@@]21C.[Na+].[Na+]. The molecule has 41 heavy (non-hydrogen) atoms. The summed E-state index contributed by atoms with van der Waals surface area (Å²) in [5.74, 6) is 0.874. The molecule has 10 atom stereocenters. The van der Waals surface area contributed by atoms with Gasteiger partial charge in [0.05, 0.1) is 18.8 Å². The van der Waals surface area contributed by atoms with Crippen molar-refractivity contribution in [1.82, 2.24) is 0 Å². The van der Waals surface area contributed by atoms with Crippen molar-refractivity contribution in [3.8, 4) is 0 Å². The monoisotopic (exact) mass is 636 g/mol. The summed E-state index contributed by atoms with van der Waals surface area (Å²) in [7, 11) is -9.77. The number of aliphatic hydroxyl groups excluding tert-OH is 2. The van der Waals surface area contributed by atoms with Crippen LogP contribution < -0.4 is 59.1 Å². The van der Waals surface area contributed by atoms with Gasteiger partial charge in [0, 0.05) is 0 Å². The van der Waals surface area contributed by atoms with Crippen LogP contribution in [0, 0.1) is 40.4 Å². The van der Waals surface area contributed by atoms with Crippen molar-refractivity contribution in [1.29, 1.82) is 0 Å². The molecule has 3 unspecified atom stereocenters. The van der Waals surface area contributed by atoms with Gasteiger partial charge in [-0.05, 0) is 105 Å². The van der Waals surface area contributed by atoms with Crippen molar-refractivity contribution in [2.24, 2.45) is 40.4 Å². The van der Waals surface area contributed by atoms with Gasteiger partial charge in [-0.1, -0.05) is 37.6 Å². The first-order valence-corrected chi connectivity index (χ1v) is 16.6. The van der Waals surface area contributed by atoms with Gasteiger partial charge in [0.1, 0.15) is 6.10 Å². The molecule has 10 nitrogen and oxygen atoms in total. The summed E-state index contributed by atoms with van der Waals surface area (Å²) in [5.41, 5.74) is 1.24. The normalized spacial score (nSPS) is 38.2. The van der Waals surface area contributed by atoms with Crippen LogP contribution in [0.15, 0.2) is 23.8 Å². The molecule has 4 aliphatic rings. The van der Waals surface area contributed by atoms with E-state index in [4.69, 9.17) is 4.18 Å². The Morgan fingerprint density at radius 1 is 1.10 bits per heavy atom. The predicted molar refractivity (Wildman–Crippen MR) is 140 cm³/mol. The minimum absolute atomic E-state index is 0. The van der Waals surface area contributed by atoms with Gasteiger partial charge in [-0.2, -0.15) is 0 Å². The van der Waals surface area contributed by atoms with E-state index in [2.05, 4.69) is 30.7 Å². The number of hydrogen-bond donors (Lipinski definition) is 2. The Morgan fingerprint density at radius 2 is 1.76 bits per heavy atom. The summed E-state index contributed by atoms with van der Waals surface area (Å²) >= 11 is 0. The van der Waals surface area contributed by atoms with Crippen LogP contribution >= 0.6 is 0 Å². The topological polar surface area (TPSA) is 173 Å². The summed E-state index contributed by atoms with van der Waals surface area (Å²) in [4.78, 5) is 0. The zero-order chi connectivity index (χ0) is 29.0. The maximum Gasteiger partial charge on any atom is 1.00 e. The van der Waals surface area contributed by atoms with E-state index >= 15 is 0 Å². The van der Waals surface area contributed by atoms with Gasteiger partial charge in [-0.15, -0.1) is 0 Å². The smallest absolute Gasteiger partial charge is 0.726 e. The molecule has 0 saturated heterocycles. The summed E-state index contributed by atoms with van der Waals surface area (Å²) in [5, 5.41) is 21.1. The van der Waals surface area contributed by atoms with Gasteiger partial charge >= 0.3 is 59.1 Å². The van der Waals surface area contributed by atoms with Crippen LogP contribution in [-0.4, -0.2) is 61.1 Å². The molecule has 0 amide bonds. The maximum absolute atomic E-state index is 11.3. The minimum Gasteiger partial charge on any atom is -0.726 e. The Balaban J connectivity index is 0.00000294. The summed E-state index contributed by atoms with van der Waals surface area (Å²) in [6, 6.07) is 0. The van der Waals surface area contributed by atoms with Gasteiger partial charge in [0.25, 0.3) is 0 Å². The third kappa shape index (κ3) is 8.49. The van der Waals surface area contributed by atoms with Crippen LogP contribution in [-0.2, 0) is 29.2 Å². The molecule has 0 aromatic carbocycles. The van der Waals surface area contributed by atoms with Crippen LogP contribution in [0.4, 0.5) is 0 Å². The Labute approximate surface area is 289 Å². The Hall–Kier alpha value is 1.14. The van der Waals surface area contributed by atoms with E-state index in [1.165, 1.54) is 0 Å². The zero-order valence-corrected chi connectivity index (χ0v) is 30.6. The molecule has 0 radical (unpaired) electrons. The molecular formula is C27H42Na2O10S2. The molecule has 0 bridgehead atoms. The fourth-order valence-electron chi connectivity index (χ4n) is 8.93. The summed E-state index contributed by atoms with van der Waals surface area (Å²) in [6.07, 6.45) is 5.18. The average Bonchev–Trinajstić information content (AvgIpc) is 3.15. The standard InChI is InChI=1S/C27H44O10S2.2Na/c1-16(2)23(28)10-5-17(15-36-38(30,31)32)20-8-9-21-19-7-6-18-13-25(37-39(33,34)35)24(29)14-27(18,4)22(19)11-12-26(20,21)3;;/h6,17,19-25,28-29H,1,5,7-15H2,2-4H3,(H,30,31,32)(H,33,34,35);;/q;2*+1/p-2/t17-,19?,20+,21?,22?,23+,24-,25-,26+,27-;;/m0../s1. The average molecular weight is 637 g/mol. The summed E-state index contributed by atoms with van der Waals surface area (Å²) < 4.78 is 77.0. The molecule has 0 aromatic rings. The molecule has 3 fully saturated rings. The number of hydrogen-bond acceptors (Lipinski definition) is 10. The van der Waals surface area contributed by atoms with Crippen LogP contribution in [0.25, 0.3) is 0 Å². The second kappa shape index (κ2) is 14.3. The second-order valence-corrected chi connectivity index (χ2v) is 15.0. The summed E-state index contributed by atoms with van der Waals surface area (Å²) in [6.45, 7) is 9.74. The molecule has 0 aliphatic heterocycles. The Bertz CT molecular complexity index is 1190. The van der Waals surface area contributed by atoms with Crippen LogP contribution in [0.5, 0.6) is 0 Å². The third-order valence-corrected chi connectivity index (χ3v) is 11.7. The molecule has 0 spiro atoms. The number of rotatable bonds is 10. The Kier molecular flexibility index (Phi) is 13.3. The quantitative estimate of drug-likeness (QED) is 0.110. The first kappa shape index (κ1) is 38.3. The molecule has 4 aliphatic carbocycles. The molecule has 224 valence electrons. The van der Waals surface area contributed by atoms with E-state index < -0.39 is 39.1 Å². The molecule has 3 saturated carbocycles. The maximum atomic E-state index is 11.3. The molecule has 0 heterocycles. The largest absolute Gasteiger partial charge is 1.00 e. The van der Waals surface area contributed by atoms with Crippen molar-refractivity contribution in [2.75, 3.05) is 6.61 Å². The third-order valence-electron chi connectivity index (χ3n) is 10.8. The molecular weight excluding hydrogens is 594 g/mol. The van der Waals surface area contributed by atoms with Crippen molar-refractivity contribution >= 4 is 20.8 Å². The molecule has 4 rings (SSSR count). The fourth-order valence-corrected chi connectivity index (χ4v) is 9.77. The van der Waals surface area contributed by atoms with Gasteiger partial charge in [0.2, 0.25) is 20.8 Å². The van der Waals surface area contributed by atoms with E-state index in [9.17, 15) is 36.2 Å². The van der Waals surface area contributed by atoms with Gasteiger partial charge in [-0.3, -0.25) is 8.37 Å². The minimum atomic E-state index is -4.93. The number of aliphatic hydroxyl groups is 2. The van der Waals surface area contributed by atoms with Crippen molar-refractivity contribution < 1.29 is 104 Å². The first-order chi connectivity index (χ1) is 17.9. The first-order valence-electron chi connectivity index (χ1n) is 13.9. The van der Waals surface area contributed by atoms with Crippen molar-refractivity contribution in [3.05, 3.63) is 23.8 Å². The van der Waals surface area contributed by atoms with E-state index in [0.29, 0.717) is 36.7 Å². The van der Waals surface area contributed by atoms with Gasteiger partial charge in [-0.25, -0.2) is 16.8 Å². The zero-order valence-electron chi connectivity index (χ0n) is 25.0. The predicted octanol–water partition coefficient (Wildman–Crippen LogP) is -2.80. The molecule has 14 heteroatoms. The van der Waals surface area contributed by atoms with E-state index in [0.717, 1.165) is 37.7 Å². The van der Waals surface area contributed by atoms with Crippen molar-refractivity contribution in [3.63, 3.8) is 0 Å². The fraction of sp³-hybridized carbons (Fsp3) is 0.852. The van der Waals surface area contributed by atoms with Gasteiger partial charge < -0.3 is 19.3 Å². The van der Waals surface area contributed by atoms with Crippen LogP contribution in [0.2, 0.25) is 0 Å². The molecule has 2 N–H and O–H groups in total. The van der Waals surface area contributed by atoms with E-state index in [1.807, 2.05) is 0 Å². The van der Waals surface area contributed by atoms with E-state index in [1.54, 1.807) is 6.92 Å². The molecule has 0 aromatic heterocycles.